The zero-order valence-electron chi connectivity index (χ0n) is 8.29. The summed E-state index contributed by atoms with van der Waals surface area (Å²) < 4.78 is 10.5. The fourth-order valence-electron chi connectivity index (χ4n) is 1.61. The Hall–Kier alpha value is -0.700. The quantitative estimate of drug-likeness (QED) is 0.775. The molecule has 0 heterocycles. The third-order valence-electron chi connectivity index (χ3n) is 2.55. The predicted octanol–water partition coefficient (Wildman–Crippen LogP) is 2.95. The molecule has 1 aromatic carbocycles. The monoisotopic (exact) mass is 256 g/mol. The van der Waals surface area contributed by atoms with Crippen LogP contribution in [0, 0.1) is 0 Å². The van der Waals surface area contributed by atoms with Gasteiger partial charge >= 0.3 is 0 Å². The van der Waals surface area contributed by atoms with Crippen LogP contribution in [-0.4, -0.2) is 19.0 Å². The second kappa shape index (κ2) is 3.81. The average molecular weight is 257 g/mol. The fourth-order valence-corrected chi connectivity index (χ4v) is 2.30. The van der Waals surface area contributed by atoms with Crippen molar-refractivity contribution in [2.75, 3.05) is 14.2 Å². The molecule has 1 saturated carbocycles. The molecule has 2 atom stereocenters. The number of alkyl halides is 1. The van der Waals surface area contributed by atoms with Crippen molar-refractivity contribution in [3.8, 4) is 11.5 Å². The van der Waals surface area contributed by atoms with E-state index in [1.807, 2.05) is 12.1 Å². The van der Waals surface area contributed by atoms with Crippen molar-refractivity contribution >= 4 is 15.9 Å². The largest absolute Gasteiger partial charge is 0.497 e. The van der Waals surface area contributed by atoms with Crippen LogP contribution in [0.3, 0.4) is 0 Å². The number of benzene rings is 1. The molecule has 0 aliphatic heterocycles. The highest BCUT2D eigenvalue weighted by molar-refractivity contribution is 9.09. The molecule has 0 saturated heterocycles. The Morgan fingerprint density at radius 1 is 1.29 bits per heavy atom. The summed E-state index contributed by atoms with van der Waals surface area (Å²) in [7, 11) is 3.36. The standard InChI is InChI=1S/C11H13BrO2/c1-13-7-3-4-8(9-6-10(9)12)11(5-7)14-2/h3-5,9-10H,6H2,1-2H3. The summed E-state index contributed by atoms with van der Waals surface area (Å²) in [6.07, 6.45) is 1.20. The lowest BCUT2D eigenvalue weighted by Gasteiger charge is -2.09. The zero-order valence-corrected chi connectivity index (χ0v) is 9.87. The molecule has 0 bridgehead atoms. The molecule has 1 fully saturated rings. The number of ether oxygens (including phenoxy) is 2. The van der Waals surface area contributed by atoms with Crippen molar-refractivity contribution in [3.63, 3.8) is 0 Å². The number of halogens is 1. The van der Waals surface area contributed by atoms with Crippen LogP contribution >= 0.6 is 15.9 Å². The molecule has 0 N–H and O–H groups in total. The number of methoxy groups -OCH3 is 2. The summed E-state index contributed by atoms with van der Waals surface area (Å²) in [6.45, 7) is 0. The Labute approximate surface area is 92.3 Å². The van der Waals surface area contributed by atoms with Crippen LogP contribution in [0.5, 0.6) is 11.5 Å². The molecule has 2 nitrogen and oxygen atoms in total. The van der Waals surface area contributed by atoms with E-state index in [4.69, 9.17) is 9.47 Å². The van der Waals surface area contributed by atoms with E-state index < -0.39 is 0 Å². The van der Waals surface area contributed by atoms with Gasteiger partial charge in [-0.25, -0.2) is 0 Å². The minimum Gasteiger partial charge on any atom is -0.497 e. The Bertz CT molecular complexity index is 338. The van der Waals surface area contributed by atoms with Gasteiger partial charge in [0.15, 0.2) is 0 Å². The highest BCUT2D eigenvalue weighted by Crippen LogP contribution is 2.49. The molecular weight excluding hydrogens is 244 g/mol. The van der Waals surface area contributed by atoms with Gasteiger partial charge in [0.1, 0.15) is 11.5 Å². The Morgan fingerprint density at radius 2 is 2.00 bits per heavy atom. The first-order valence-corrected chi connectivity index (χ1v) is 5.54. The predicted molar refractivity (Wildman–Crippen MR) is 59.6 cm³/mol. The molecule has 1 aromatic rings. The maximum atomic E-state index is 5.34. The second-order valence-electron chi connectivity index (χ2n) is 3.47. The van der Waals surface area contributed by atoms with Crippen LogP contribution in [-0.2, 0) is 0 Å². The van der Waals surface area contributed by atoms with Crippen LogP contribution in [0.1, 0.15) is 17.9 Å². The van der Waals surface area contributed by atoms with E-state index in [2.05, 4.69) is 22.0 Å². The molecule has 0 spiro atoms. The van der Waals surface area contributed by atoms with Gasteiger partial charge in [-0.05, 0) is 18.1 Å². The van der Waals surface area contributed by atoms with Crippen molar-refractivity contribution in [3.05, 3.63) is 23.8 Å². The first-order chi connectivity index (χ1) is 6.76. The van der Waals surface area contributed by atoms with Crippen LogP contribution in [0.25, 0.3) is 0 Å². The molecule has 0 aromatic heterocycles. The van der Waals surface area contributed by atoms with Crippen molar-refractivity contribution in [2.24, 2.45) is 0 Å². The molecule has 3 heteroatoms. The summed E-state index contributed by atoms with van der Waals surface area (Å²) in [5, 5.41) is 0. The fraction of sp³-hybridized carbons (Fsp3) is 0.455. The summed E-state index contributed by atoms with van der Waals surface area (Å²) >= 11 is 3.60. The zero-order chi connectivity index (χ0) is 10.1. The average Bonchev–Trinajstić information content (AvgIpc) is 2.94. The van der Waals surface area contributed by atoms with E-state index in [0.717, 1.165) is 11.5 Å². The summed E-state index contributed by atoms with van der Waals surface area (Å²) in [5.74, 6) is 2.38. The highest BCUT2D eigenvalue weighted by atomic mass is 79.9. The number of rotatable bonds is 3. The lowest BCUT2D eigenvalue weighted by molar-refractivity contribution is 0.391. The summed E-state index contributed by atoms with van der Waals surface area (Å²) in [5.41, 5.74) is 1.27. The van der Waals surface area contributed by atoms with Gasteiger partial charge < -0.3 is 9.47 Å². The van der Waals surface area contributed by atoms with Crippen LogP contribution in [0.2, 0.25) is 0 Å². The first kappa shape index (κ1) is 9.84. The van der Waals surface area contributed by atoms with Gasteiger partial charge in [0.2, 0.25) is 0 Å². The highest BCUT2D eigenvalue weighted by Gasteiger charge is 2.37. The molecule has 0 amide bonds. The van der Waals surface area contributed by atoms with Gasteiger partial charge in [0, 0.05) is 16.8 Å². The minimum absolute atomic E-state index is 0.607. The SMILES string of the molecule is COc1ccc(C2CC2Br)c(OC)c1. The summed E-state index contributed by atoms with van der Waals surface area (Å²) in [6, 6.07) is 6.01. The topological polar surface area (TPSA) is 18.5 Å². The third kappa shape index (κ3) is 1.73. The second-order valence-corrected chi connectivity index (χ2v) is 4.64. The van der Waals surface area contributed by atoms with Crippen LogP contribution in [0.4, 0.5) is 0 Å². The minimum atomic E-state index is 0.607. The first-order valence-electron chi connectivity index (χ1n) is 4.62. The van der Waals surface area contributed by atoms with Crippen LogP contribution < -0.4 is 9.47 Å². The molecule has 0 radical (unpaired) electrons. The van der Waals surface area contributed by atoms with E-state index in [-0.39, 0.29) is 0 Å². The van der Waals surface area contributed by atoms with Gasteiger partial charge in [0.05, 0.1) is 14.2 Å². The van der Waals surface area contributed by atoms with Gasteiger partial charge in [-0.2, -0.15) is 0 Å². The van der Waals surface area contributed by atoms with Gasteiger partial charge in [0.25, 0.3) is 0 Å². The lowest BCUT2D eigenvalue weighted by atomic mass is 10.1. The van der Waals surface area contributed by atoms with E-state index in [9.17, 15) is 0 Å². The van der Waals surface area contributed by atoms with Gasteiger partial charge in [-0.1, -0.05) is 22.0 Å². The van der Waals surface area contributed by atoms with E-state index >= 15 is 0 Å². The number of hydrogen-bond acceptors (Lipinski definition) is 2. The maximum Gasteiger partial charge on any atom is 0.126 e. The molecule has 76 valence electrons. The Kier molecular flexibility index (Phi) is 2.68. The lowest BCUT2D eigenvalue weighted by Crippen LogP contribution is -1.92. The van der Waals surface area contributed by atoms with Gasteiger partial charge in [-0.3, -0.25) is 0 Å². The molecule has 1 aliphatic rings. The Morgan fingerprint density at radius 3 is 2.50 bits per heavy atom. The van der Waals surface area contributed by atoms with Crippen LogP contribution in [0.15, 0.2) is 18.2 Å². The smallest absolute Gasteiger partial charge is 0.126 e. The van der Waals surface area contributed by atoms with Crippen molar-refractivity contribution < 1.29 is 9.47 Å². The Balaban J connectivity index is 2.30. The van der Waals surface area contributed by atoms with E-state index in [0.29, 0.717) is 10.7 Å². The molecular formula is C11H13BrO2. The maximum absolute atomic E-state index is 5.34. The number of hydrogen-bond donors (Lipinski definition) is 0. The van der Waals surface area contributed by atoms with Gasteiger partial charge in [-0.15, -0.1) is 0 Å². The van der Waals surface area contributed by atoms with E-state index in [1.165, 1.54) is 12.0 Å². The van der Waals surface area contributed by atoms with Crippen molar-refractivity contribution in [1.82, 2.24) is 0 Å². The normalized spacial score (nSPS) is 24.5. The third-order valence-corrected chi connectivity index (χ3v) is 3.56. The van der Waals surface area contributed by atoms with Crippen molar-refractivity contribution in [1.29, 1.82) is 0 Å². The summed E-state index contributed by atoms with van der Waals surface area (Å²) in [4.78, 5) is 0.616. The van der Waals surface area contributed by atoms with E-state index in [1.54, 1.807) is 14.2 Å². The molecule has 2 rings (SSSR count). The molecule has 2 unspecified atom stereocenters. The molecule has 1 aliphatic carbocycles. The molecule has 14 heavy (non-hydrogen) atoms. The van der Waals surface area contributed by atoms with Crippen molar-refractivity contribution in [2.45, 2.75) is 17.2 Å².